The first-order valence-corrected chi connectivity index (χ1v) is 16.1. The summed E-state index contributed by atoms with van der Waals surface area (Å²) in [6.45, 7) is 0. The lowest BCUT2D eigenvalue weighted by Crippen LogP contribution is -1.99. The third-order valence-corrected chi connectivity index (χ3v) is 9.72. The second kappa shape index (κ2) is 10.1. The molecular weight excluding hydrogens is 569 g/mol. The van der Waals surface area contributed by atoms with E-state index < -0.39 is 0 Å². The molecule has 2 nitrogen and oxygen atoms in total. The summed E-state index contributed by atoms with van der Waals surface area (Å²) >= 11 is 0. The fraction of sp³-hybridized carbons (Fsp3) is 0. The molecule has 2 heteroatoms. The maximum Gasteiger partial charge on any atom is 0.146 e. The van der Waals surface area contributed by atoms with Crippen LogP contribution in [-0.2, 0) is 0 Å². The Morgan fingerprint density at radius 2 is 0.894 bits per heavy atom. The first-order chi connectivity index (χ1) is 23.3. The molecule has 0 aliphatic rings. The lowest BCUT2D eigenvalue weighted by atomic mass is 9.85. The van der Waals surface area contributed by atoms with E-state index in [9.17, 15) is 0 Å². The largest absolute Gasteiger partial charge is 0.292 e. The van der Waals surface area contributed by atoms with Crippen molar-refractivity contribution in [2.45, 2.75) is 0 Å². The highest BCUT2D eigenvalue weighted by Gasteiger charge is 2.23. The number of imidazole rings is 1. The summed E-state index contributed by atoms with van der Waals surface area (Å²) in [5.41, 5.74) is 6.83. The third kappa shape index (κ3) is 3.89. The molecule has 0 saturated heterocycles. The monoisotopic (exact) mass is 596 g/mol. The molecule has 9 aromatic carbocycles. The van der Waals surface area contributed by atoms with Gasteiger partial charge in [-0.05, 0) is 107 Å². The van der Waals surface area contributed by atoms with Crippen molar-refractivity contribution in [3.8, 4) is 28.2 Å². The zero-order valence-corrected chi connectivity index (χ0v) is 25.6. The minimum absolute atomic E-state index is 0.950. The fourth-order valence-corrected chi connectivity index (χ4v) is 7.70. The van der Waals surface area contributed by atoms with Crippen LogP contribution in [0.2, 0.25) is 0 Å². The summed E-state index contributed by atoms with van der Waals surface area (Å²) in [6.07, 6.45) is 0. The van der Waals surface area contributed by atoms with Crippen molar-refractivity contribution in [1.82, 2.24) is 9.55 Å². The smallest absolute Gasteiger partial charge is 0.146 e. The van der Waals surface area contributed by atoms with Crippen molar-refractivity contribution in [2.75, 3.05) is 0 Å². The Kier molecular flexibility index (Phi) is 5.61. The van der Waals surface area contributed by atoms with Gasteiger partial charge in [0.1, 0.15) is 5.82 Å². The molecule has 0 radical (unpaired) electrons. The minimum Gasteiger partial charge on any atom is -0.292 e. The van der Waals surface area contributed by atoms with Gasteiger partial charge >= 0.3 is 0 Å². The van der Waals surface area contributed by atoms with Crippen LogP contribution in [0.1, 0.15) is 0 Å². The molecule has 10 rings (SSSR count). The maximum atomic E-state index is 5.34. The van der Waals surface area contributed by atoms with E-state index in [2.05, 4.69) is 174 Å². The van der Waals surface area contributed by atoms with Crippen molar-refractivity contribution >= 4 is 64.9 Å². The third-order valence-electron chi connectivity index (χ3n) is 9.72. The standard InChI is InChI=1S/C45H28N2/c1-2-16-32(17-3-1)47-42-25-13-12-24-41(42)46-45(47)44-37-22-10-8-20-35(37)43(36-21-9-11-23-38(36)44)40-28-31-26-29-14-4-5-15-30(29)27-39(31)33-18-6-7-19-34(33)40/h1-28H. The first-order valence-electron chi connectivity index (χ1n) is 16.1. The molecule has 0 amide bonds. The van der Waals surface area contributed by atoms with Gasteiger partial charge < -0.3 is 0 Å². The van der Waals surface area contributed by atoms with Gasteiger partial charge in [-0.3, -0.25) is 4.57 Å². The van der Waals surface area contributed by atoms with Crippen LogP contribution in [-0.4, -0.2) is 9.55 Å². The van der Waals surface area contributed by atoms with Crippen LogP contribution in [0.25, 0.3) is 93.1 Å². The summed E-state index contributed by atoms with van der Waals surface area (Å²) in [4.78, 5) is 5.34. The SMILES string of the molecule is c1ccc(-n2c(-c3c4ccccc4c(-c4cc5cc6ccccc6cc5c5ccccc45)c4ccccc34)nc3ccccc32)cc1. The molecule has 0 spiro atoms. The Hall–Kier alpha value is -6.25. The highest BCUT2D eigenvalue weighted by molar-refractivity contribution is 6.26. The van der Waals surface area contributed by atoms with Crippen LogP contribution in [0.5, 0.6) is 0 Å². The number of rotatable bonds is 3. The first kappa shape index (κ1) is 26.0. The normalized spacial score (nSPS) is 11.8. The molecule has 0 aliphatic heterocycles. The zero-order chi connectivity index (χ0) is 30.9. The second-order valence-corrected chi connectivity index (χ2v) is 12.3. The quantitative estimate of drug-likeness (QED) is 0.147. The number of nitrogens with zero attached hydrogens (tertiary/aromatic N) is 2. The highest BCUT2D eigenvalue weighted by Crippen LogP contribution is 2.47. The molecule has 0 aliphatic carbocycles. The number of fused-ring (bicyclic) bond motifs is 7. The van der Waals surface area contributed by atoms with Crippen molar-refractivity contribution in [3.63, 3.8) is 0 Å². The predicted octanol–water partition coefficient (Wildman–Crippen LogP) is 12.1. The molecule has 0 atom stereocenters. The van der Waals surface area contributed by atoms with E-state index in [1.807, 2.05) is 0 Å². The van der Waals surface area contributed by atoms with E-state index in [0.29, 0.717) is 0 Å². The van der Waals surface area contributed by atoms with Gasteiger partial charge in [-0.2, -0.15) is 0 Å². The molecule has 218 valence electrons. The molecule has 0 fully saturated rings. The summed E-state index contributed by atoms with van der Waals surface area (Å²) in [5.74, 6) is 0.950. The van der Waals surface area contributed by atoms with Crippen LogP contribution in [0.3, 0.4) is 0 Å². The molecule has 0 saturated carbocycles. The molecule has 0 bridgehead atoms. The van der Waals surface area contributed by atoms with E-state index in [-0.39, 0.29) is 0 Å². The predicted molar refractivity (Wildman–Crippen MR) is 199 cm³/mol. The van der Waals surface area contributed by atoms with Crippen LogP contribution < -0.4 is 0 Å². The fourth-order valence-electron chi connectivity index (χ4n) is 7.70. The summed E-state index contributed by atoms with van der Waals surface area (Å²) in [6, 6.07) is 61.5. The molecular formula is C45H28N2. The zero-order valence-electron chi connectivity index (χ0n) is 25.6. The highest BCUT2D eigenvalue weighted by atomic mass is 15.1. The minimum atomic E-state index is 0.950. The Morgan fingerprint density at radius 3 is 1.60 bits per heavy atom. The van der Waals surface area contributed by atoms with Crippen molar-refractivity contribution in [3.05, 3.63) is 170 Å². The van der Waals surface area contributed by atoms with Crippen molar-refractivity contribution in [1.29, 1.82) is 0 Å². The molecule has 47 heavy (non-hydrogen) atoms. The molecule has 10 aromatic rings. The van der Waals surface area contributed by atoms with Crippen LogP contribution in [0.4, 0.5) is 0 Å². The summed E-state index contributed by atoms with van der Waals surface area (Å²) in [7, 11) is 0. The van der Waals surface area contributed by atoms with Crippen molar-refractivity contribution in [2.24, 2.45) is 0 Å². The van der Waals surface area contributed by atoms with Gasteiger partial charge in [0.25, 0.3) is 0 Å². The summed E-state index contributed by atoms with van der Waals surface area (Å²) in [5, 5.41) is 12.4. The lowest BCUT2D eigenvalue weighted by Gasteiger charge is -2.20. The molecule has 0 N–H and O–H groups in total. The van der Waals surface area contributed by atoms with Gasteiger partial charge in [0.15, 0.2) is 0 Å². The number of para-hydroxylation sites is 3. The Labute approximate surface area is 271 Å². The topological polar surface area (TPSA) is 17.8 Å². The van der Waals surface area contributed by atoms with E-state index >= 15 is 0 Å². The Bertz CT molecular complexity index is 2790. The number of aromatic nitrogens is 2. The van der Waals surface area contributed by atoms with Gasteiger partial charge in [-0.1, -0.05) is 127 Å². The average Bonchev–Trinajstić information content (AvgIpc) is 3.52. The lowest BCUT2D eigenvalue weighted by molar-refractivity contribution is 1.11. The second-order valence-electron chi connectivity index (χ2n) is 12.3. The molecule has 0 unspecified atom stereocenters. The molecule has 1 aromatic heterocycles. The maximum absolute atomic E-state index is 5.34. The van der Waals surface area contributed by atoms with E-state index in [1.165, 1.54) is 65.0 Å². The van der Waals surface area contributed by atoms with Gasteiger partial charge in [-0.25, -0.2) is 4.98 Å². The number of benzene rings is 9. The van der Waals surface area contributed by atoms with Gasteiger partial charge in [0.05, 0.1) is 11.0 Å². The van der Waals surface area contributed by atoms with E-state index in [0.717, 1.165) is 28.1 Å². The number of hydrogen-bond donors (Lipinski definition) is 0. The number of hydrogen-bond acceptors (Lipinski definition) is 1. The van der Waals surface area contributed by atoms with Crippen LogP contribution >= 0.6 is 0 Å². The summed E-state index contributed by atoms with van der Waals surface area (Å²) < 4.78 is 2.32. The van der Waals surface area contributed by atoms with Gasteiger partial charge in [0.2, 0.25) is 0 Å². The Balaban J connectivity index is 1.37. The van der Waals surface area contributed by atoms with Crippen molar-refractivity contribution < 1.29 is 0 Å². The molecule has 1 heterocycles. The van der Waals surface area contributed by atoms with Crippen LogP contribution in [0.15, 0.2) is 170 Å². The van der Waals surface area contributed by atoms with Crippen LogP contribution in [0, 0.1) is 0 Å². The average molecular weight is 597 g/mol. The van der Waals surface area contributed by atoms with Gasteiger partial charge in [0, 0.05) is 11.3 Å². The van der Waals surface area contributed by atoms with E-state index in [4.69, 9.17) is 4.98 Å². The Morgan fingerprint density at radius 1 is 0.362 bits per heavy atom. The van der Waals surface area contributed by atoms with E-state index in [1.54, 1.807) is 0 Å². The van der Waals surface area contributed by atoms with Gasteiger partial charge in [-0.15, -0.1) is 0 Å².